The van der Waals surface area contributed by atoms with Crippen LogP contribution in [-0.2, 0) is 4.79 Å². The van der Waals surface area contributed by atoms with E-state index in [1.54, 1.807) is 24.3 Å². The second-order valence-electron chi connectivity index (χ2n) is 4.32. The number of ether oxygens (including phenoxy) is 1. The van der Waals surface area contributed by atoms with E-state index in [2.05, 4.69) is 10.6 Å². The third-order valence-electron chi connectivity index (χ3n) is 2.75. The Morgan fingerprint density at radius 3 is 2.55 bits per heavy atom. The van der Waals surface area contributed by atoms with Crippen LogP contribution in [0, 0.1) is 11.3 Å². The highest BCUT2D eigenvalue weighted by atomic mass is 35.5. The Labute approximate surface area is 133 Å². The largest absolute Gasteiger partial charge is 0.454 e. The molecule has 0 bridgehead atoms. The fourth-order valence-electron chi connectivity index (χ4n) is 1.72. The highest BCUT2D eigenvalue weighted by molar-refractivity contribution is 6.32. The maximum atomic E-state index is 11.5. The molecular weight excluding hydrogens is 302 g/mol. The highest BCUT2D eigenvalue weighted by Gasteiger charge is 2.08. The van der Waals surface area contributed by atoms with Gasteiger partial charge in [0.15, 0.2) is 5.75 Å². The number of para-hydroxylation sites is 3. The molecule has 2 aromatic carbocycles. The van der Waals surface area contributed by atoms with Gasteiger partial charge in [-0.15, -0.1) is 0 Å². The summed E-state index contributed by atoms with van der Waals surface area (Å²) in [5.74, 6) is 0.824. The van der Waals surface area contributed by atoms with Crippen LogP contribution in [0.4, 0.5) is 5.69 Å². The first-order chi connectivity index (χ1) is 10.7. The van der Waals surface area contributed by atoms with Gasteiger partial charge in [0.05, 0.1) is 23.3 Å². The molecule has 0 saturated heterocycles. The van der Waals surface area contributed by atoms with Gasteiger partial charge >= 0.3 is 0 Å². The van der Waals surface area contributed by atoms with E-state index in [1.807, 2.05) is 30.3 Å². The molecule has 0 aliphatic carbocycles. The molecule has 0 unspecified atom stereocenters. The minimum absolute atomic E-state index is 0.0156. The van der Waals surface area contributed by atoms with Crippen molar-refractivity contribution < 1.29 is 9.53 Å². The lowest BCUT2D eigenvalue weighted by Crippen LogP contribution is -2.30. The molecule has 0 heterocycles. The molecular formula is C16H14ClN3O2. The van der Waals surface area contributed by atoms with E-state index < -0.39 is 0 Å². The topological polar surface area (TPSA) is 74.2 Å². The zero-order valence-electron chi connectivity index (χ0n) is 11.7. The van der Waals surface area contributed by atoms with Gasteiger partial charge in [-0.05, 0) is 24.3 Å². The molecule has 0 atom stereocenters. The van der Waals surface area contributed by atoms with Crippen molar-refractivity contribution in [2.45, 2.75) is 0 Å². The summed E-state index contributed by atoms with van der Waals surface area (Å²) >= 11 is 6.07. The fraction of sp³-hybridized carbons (Fsp3) is 0.125. The Hall–Kier alpha value is -2.71. The predicted octanol–water partition coefficient (Wildman–Crippen LogP) is 3.18. The summed E-state index contributed by atoms with van der Waals surface area (Å²) < 4.78 is 5.78. The molecule has 2 aromatic rings. The molecule has 22 heavy (non-hydrogen) atoms. The summed E-state index contributed by atoms with van der Waals surface area (Å²) in [7, 11) is 0. The molecule has 0 aliphatic heterocycles. The molecule has 0 aromatic heterocycles. The number of benzene rings is 2. The van der Waals surface area contributed by atoms with Crippen molar-refractivity contribution in [2.75, 3.05) is 18.4 Å². The molecule has 112 valence electrons. The Morgan fingerprint density at radius 1 is 1.14 bits per heavy atom. The third-order valence-corrected chi connectivity index (χ3v) is 3.06. The van der Waals surface area contributed by atoms with Gasteiger partial charge in [-0.2, -0.15) is 5.26 Å². The number of rotatable bonds is 6. The van der Waals surface area contributed by atoms with Crippen LogP contribution in [0.25, 0.3) is 0 Å². The SMILES string of the molecule is N#CCNC(=O)CNc1ccccc1Oc1ccccc1Cl. The smallest absolute Gasteiger partial charge is 0.240 e. The zero-order valence-corrected chi connectivity index (χ0v) is 12.4. The number of hydrogen-bond acceptors (Lipinski definition) is 4. The number of anilines is 1. The van der Waals surface area contributed by atoms with Gasteiger partial charge in [0.2, 0.25) is 5.91 Å². The summed E-state index contributed by atoms with van der Waals surface area (Å²) in [5, 5.41) is 14.3. The van der Waals surface area contributed by atoms with E-state index in [4.69, 9.17) is 21.6 Å². The van der Waals surface area contributed by atoms with Crippen molar-refractivity contribution in [3.05, 3.63) is 53.6 Å². The quantitative estimate of drug-likeness (QED) is 0.803. The van der Waals surface area contributed by atoms with Crippen LogP contribution in [0.5, 0.6) is 11.5 Å². The molecule has 1 amide bonds. The lowest BCUT2D eigenvalue weighted by atomic mass is 10.3. The maximum Gasteiger partial charge on any atom is 0.240 e. The average Bonchev–Trinajstić information content (AvgIpc) is 2.54. The van der Waals surface area contributed by atoms with Gasteiger partial charge in [0, 0.05) is 0 Å². The first-order valence-corrected chi connectivity index (χ1v) is 6.97. The Morgan fingerprint density at radius 2 is 1.82 bits per heavy atom. The van der Waals surface area contributed by atoms with Gasteiger partial charge in [-0.3, -0.25) is 4.79 Å². The molecule has 0 radical (unpaired) electrons. The highest BCUT2D eigenvalue weighted by Crippen LogP contribution is 2.33. The van der Waals surface area contributed by atoms with Gasteiger partial charge in [-0.1, -0.05) is 35.9 Å². The van der Waals surface area contributed by atoms with Gasteiger partial charge in [0.25, 0.3) is 0 Å². The molecule has 0 aliphatic rings. The minimum atomic E-state index is -0.269. The number of halogens is 1. The predicted molar refractivity (Wildman–Crippen MR) is 85.1 cm³/mol. The third kappa shape index (κ3) is 4.40. The van der Waals surface area contributed by atoms with Crippen LogP contribution in [0.15, 0.2) is 48.5 Å². The van der Waals surface area contributed by atoms with Crippen LogP contribution in [-0.4, -0.2) is 19.0 Å². The first kappa shape index (κ1) is 15.7. The van der Waals surface area contributed by atoms with E-state index in [-0.39, 0.29) is 19.0 Å². The molecule has 5 nitrogen and oxygen atoms in total. The maximum absolute atomic E-state index is 11.5. The van der Waals surface area contributed by atoms with Crippen LogP contribution in [0.1, 0.15) is 0 Å². The lowest BCUT2D eigenvalue weighted by Gasteiger charge is -2.13. The number of nitriles is 1. The minimum Gasteiger partial charge on any atom is -0.454 e. The Balaban J connectivity index is 2.06. The number of carbonyl (C=O) groups is 1. The van der Waals surface area contributed by atoms with Crippen LogP contribution >= 0.6 is 11.6 Å². The van der Waals surface area contributed by atoms with Crippen molar-refractivity contribution in [3.63, 3.8) is 0 Å². The van der Waals surface area contributed by atoms with E-state index >= 15 is 0 Å². The summed E-state index contributed by atoms with van der Waals surface area (Å²) in [4.78, 5) is 11.5. The number of hydrogen-bond donors (Lipinski definition) is 2. The average molecular weight is 316 g/mol. The van der Waals surface area contributed by atoms with Crippen molar-refractivity contribution in [2.24, 2.45) is 0 Å². The van der Waals surface area contributed by atoms with Crippen molar-refractivity contribution in [3.8, 4) is 17.6 Å². The lowest BCUT2D eigenvalue weighted by molar-refractivity contribution is -0.119. The first-order valence-electron chi connectivity index (χ1n) is 6.59. The van der Waals surface area contributed by atoms with Crippen molar-refractivity contribution in [1.29, 1.82) is 5.26 Å². The number of nitrogens with zero attached hydrogens (tertiary/aromatic N) is 1. The summed E-state index contributed by atoms with van der Waals surface area (Å²) in [6.45, 7) is 0.0306. The van der Waals surface area contributed by atoms with E-state index in [9.17, 15) is 4.79 Å². The Kier molecular flexibility index (Phi) is 5.64. The van der Waals surface area contributed by atoms with Crippen LogP contribution in [0.2, 0.25) is 5.02 Å². The monoisotopic (exact) mass is 315 g/mol. The number of carbonyl (C=O) groups excluding carboxylic acids is 1. The van der Waals surface area contributed by atoms with Crippen molar-refractivity contribution in [1.82, 2.24) is 5.32 Å². The molecule has 0 fully saturated rings. The molecule has 0 spiro atoms. The van der Waals surface area contributed by atoms with Gasteiger partial charge in [0.1, 0.15) is 12.3 Å². The molecule has 6 heteroatoms. The molecule has 2 rings (SSSR count). The molecule has 2 N–H and O–H groups in total. The standard InChI is InChI=1S/C16H14ClN3O2/c17-12-5-1-3-7-14(12)22-15-8-4-2-6-13(15)20-11-16(21)19-10-9-18/h1-8,20H,10-11H2,(H,19,21). The second-order valence-corrected chi connectivity index (χ2v) is 4.72. The van der Waals surface area contributed by atoms with Gasteiger partial charge in [-0.25, -0.2) is 0 Å². The second kappa shape index (κ2) is 7.91. The summed E-state index contributed by atoms with van der Waals surface area (Å²) in [6, 6.07) is 16.2. The van der Waals surface area contributed by atoms with Gasteiger partial charge < -0.3 is 15.4 Å². The Bertz CT molecular complexity index is 698. The summed E-state index contributed by atoms with van der Waals surface area (Å²) in [6.07, 6.45) is 0. The van der Waals surface area contributed by atoms with Crippen LogP contribution in [0.3, 0.4) is 0 Å². The van der Waals surface area contributed by atoms with Crippen LogP contribution < -0.4 is 15.4 Å². The zero-order chi connectivity index (χ0) is 15.8. The van der Waals surface area contributed by atoms with E-state index in [0.717, 1.165) is 0 Å². The number of amides is 1. The van der Waals surface area contributed by atoms with E-state index in [1.165, 1.54) is 0 Å². The van der Waals surface area contributed by atoms with E-state index in [0.29, 0.717) is 22.2 Å². The normalized spacial score (nSPS) is 9.64. The fourth-order valence-corrected chi connectivity index (χ4v) is 1.90. The van der Waals surface area contributed by atoms with Crippen molar-refractivity contribution >= 4 is 23.2 Å². The summed E-state index contributed by atoms with van der Waals surface area (Å²) in [5.41, 5.74) is 0.662. The number of nitrogens with one attached hydrogen (secondary N) is 2. The molecule has 0 saturated carbocycles.